The van der Waals surface area contributed by atoms with Gasteiger partial charge in [0.25, 0.3) is 0 Å². The van der Waals surface area contributed by atoms with Gasteiger partial charge in [0.05, 0.1) is 0 Å². The van der Waals surface area contributed by atoms with Gasteiger partial charge in [-0.15, -0.1) is 0 Å². The highest BCUT2D eigenvalue weighted by atomic mass is 79.9. The number of benzene rings is 1. The van der Waals surface area contributed by atoms with Gasteiger partial charge in [0.1, 0.15) is 23.9 Å². The normalized spacial score (nSPS) is 10.7. The van der Waals surface area contributed by atoms with Crippen molar-refractivity contribution in [2.75, 3.05) is 0 Å². The van der Waals surface area contributed by atoms with Gasteiger partial charge in [-0.3, -0.25) is 0 Å². The molecule has 0 radical (unpaired) electrons. The smallest absolute Gasteiger partial charge is 0.146 e. The Kier molecular flexibility index (Phi) is 4.09. The molecule has 18 heavy (non-hydrogen) atoms. The molecule has 96 valence electrons. The minimum atomic E-state index is 0.419. The van der Waals surface area contributed by atoms with E-state index in [0.29, 0.717) is 13.2 Å². The zero-order valence-electron chi connectivity index (χ0n) is 10.5. The SMILES string of the molecule is Cc1cc(OCc2cc(CN)c(C)o2)ccc1Br. The van der Waals surface area contributed by atoms with Crippen molar-refractivity contribution in [3.05, 3.63) is 51.4 Å². The third kappa shape index (κ3) is 2.94. The molecule has 0 unspecified atom stereocenters. The summed E-state index contributed by atoms with van der Waals surface area (Å²) in [5.74, 6) is 2.50. The average Bonchev–Trinajstić information content (AvgIpc) is 2.71. The van der Waals surface area contributed by atoms with E-state index in [1.54, 1.807) is 0 Å². The Bertz CT molecular complexity index is 549. The van der Waals surface area contributed by atoms with Crippen LogP contribution in [0.25, 0.3) is 0 Å². The van der Waals surface area contributed by atoms with Crippen LogP contribution in [-0.2, 0) is 13.2 Å². The van der Waals surface area contributed by atoms with Crippen molar-refractivity contribution >= 4 is 15.9 Å². The minimum absolute atomic E-state index is 0.419. The van der Waals surface area contributed by atoms with Crippen molar-refractivity contribution in [2.45, 2.75) is 27.0 Å². The molecule has 0 aliphatic carbocycles. The second-order valence-electron chi connectivity index (χ2n) is 4.20. The quantitative estimate of drug-likeness (QED) is 0.937. The van der Waals surface area contributed by atoms with Crippen LogP contribution in [0.3, 0.4) is 0 Å². The van der Waals surface area contributed by atoms with Crippen LogP contribution in [0.15, 0.2) is 33.2 Å². The number of hydrogen-bond donors (Lipinski definition) is 1. The number of halogens is 1. The molecule has 0 aliphatic rings. The summed E-state index contributed by atoms with van der Waals surface area (Å²) in [5.41, 5.74) is 7.77. The topological polar surface area (TPSA) is 48.4 Å². The van der Waals surface area contributed by atoms with Crippen LogP contribution >= 0.6 is 15.9 Å². The van der Waals surface area contributed by atoms with Crippen molar-refractivity contribution in [2.24, 2.45) is 5.73 Å². The van der Waals surface area contributed by atoms with Gasteiger partial charge in [0, 0.05) is 16.6 Å². The van der Waals surface area contributed by atoms with Gasteiger partial charge in [-0.2, -0.15) is 0 Å². The molecule has 2 aromatic rings. The van der Waals surface area contributed by atoms with Crippen LogP contribution in [0.5, 0.6) is 5.75 Å². The standard InChI is InChI=1S/C14H16BrNO2/c1-9-5-12(3-4-14(9)15)17-8-13-6-11(7-16)10(2)18-13/h3-6H,7-8,16H2,1-2H3. The molecule has 0 aliphatic heterocycles. The van der Waals surface area contributed by atoms with Crippen molar-refractivity contribution < 1.29 is 9.15 Å². The van der Waals surface area contributed by atoms with E-state index in [4.69, 9.17) is 14.9 Å². The lowest BCUT2D eigenvalue weighted by Crippen LogP contribution is -1.96. The molecule has 0 atom stereocenters. The number of nitrogens with two attached hydrogens (primary N) is 1. The maximum Gasteiger partial charge on any atom is 0.146 e. The second kappa shape index (κ2) is 5.59. The fourth-order valence-corrected chi connectivity index (χ4v) is 1.97. The van der Waals surface area contributed by atoms with Gasteiger partial charge in [-0.1, -0.05) is 15.9 Å². The molecule has 0 saturated heterocycles. The molecule has 0 amide bonds. The summed E-state index contributed by atoms with van der Waals surface area (Å²) in [6, 6.07) is 7.84. The van der Waals surface area contributed by atoms with E-state index in [9.17, 15) is 0 Å². The van der Waals surface area contributed by atoms with Gasteiger partial charge in [-0.05, 0) is 43.7 Å². The Labute approximate surface area is 115 Å². The number of aryl methyl sites for hydroxylation is 2. The molecule has 0 spiro atoms. The molecule has 0 bridgehead atoms. The van der Waals surface area contributed by atoms with E-state index in [0.717, 1.165) is 32.9 Å². The van der Waals surface area contributed by atoms with Crippen molar-refractivity contribution in [3.63, 3.8) is 0 Å². The largest absolute Gasteiger partial charge is 0.486 e. The molecule has 4 heteroatoms. The maximum absolute atomic E-state index is 5.69. The summed E-state index contributed by atoms with van der Waals surface area (Å²) in [7, 11) is 0. The Balaban J connectivity index is 2.04. The summed E-state index contributed by atoms with van der Waals surface area (Å²) in [5, 5.41) is 0. The first-order valence-corrected chi connectivity index (χ1v) is 6.56. The molecule has 3 nitrogen and oxygen atoms in total. The first kappa shape index (κ1) is 13.2. The highest BCUT2D eigenvalue weighted by molar-refractivity contribution is 9.10. The summed E-state index contributed by atoms with van der Waals surface area (Å²) in [4.78, 5) is 0. The first-order valence-electron chi connectivity index (χ1n) is 5.77. The number of furan rings is 1. The summed E-state index contributed by atoms with van der Waals surface area (Å²) >= 11 is 3.46. The van der Waals surface area contributed by atoms with Gasteiger partial charge >= 0.3 is 0 Å². The van der Waals surface area contributed by atoms with Crippen molar-refractivity contribution in [3.8, 4) is 5.75 Å². The third-order valence-electron chi connectivity index (χ3n) is 2.80. The van der Waals surface area contributed by atoms with Gasteiger partial charge in [-0.25, -0.2) is 0 Å². The molecule has 2 N–H and O–H groups in total. The first-order chi connectivity index (χ1) is 8.60. The Morgan fingerprint density at radius 3 is 2.67 bits per heavy atom. The van der Waals surface area contributed by atoms with Crippen LogP contribution in [0, 0.1) is 13.8 Å². The van der Waals surface area contributed by atoms with Crippen molar-refractivity contribution in [1.82, 2.24) is 0 Å². The van der Waals surface area contributed by atoms with E-state index < -0.39 is 0 Å². The molecule has 1 aromatic heterocycles. The molecule has 0 fully saturated rings. The third-order valence-corrected chi connectivity index (χ3v) is 3.69. The number of ether oxygens (including phenoxy) is 1. The second-order valence-corrected chi connectivity index (χ2v) is 5.05. The monoisotopic (exact) mass is 309 g/mol. The zero-order valence-corrected chi connectivity index (χ0v) is 12.1. The van der Waals surface area contributed by atoms with E-state index >= 15 is 0 Å². The van der Waals surface area contributed by atoms with E-state index in [1.807, 2.05) is 38.1 Å². The molecule has 2 rings (SSSR count). The Hall–Kier alpha value is -1.26. The number of hydrogen-bond acceptors (Lipinski definition) is 3. The average molecular weight is 310 g/mol. The van der Waals surface area contributed by atoms with Gasteiger partial charge in [0.15, 0.2) is 0 Å². The number of rotatable bonds is 4. The summed E-state index contributed by atoms with van der Waals surface area (Å²) in [6.07, 6.45) is 0. The molecule has 1 aromatic carbocycles. The van der Waals surface area contributed by atoms with Crippen LogP contribution in [0.2, 0.25) is 0 Å². The maximum atomic E-state index is 5.69. The van der Waals surface area contributed by atoms with Crippen LogP contribution in [0.4, 0.5) is 0 Å². The highest BCUT2D eigenvalue weighted by Crippen LogP contribution is 2.23. The molecule has 0 saturated carbocycles. The summed E-state index contributed by atoms with van der Waals surface area (Å²) in [6.45, 7) is 4.85. The van der Waals surface area contributed by atoms with Crippen molar-refractivity contribution in [1.29, 1.82) is 0 Å². The molecular formula is C14H16BrNO2. The lowest BCUT2D eigenvalue weighted by molar-refractivity contribution is 0.267. The highest BCUT2D eigenvalue weighted by Gasteiger charge is 2.07. The predicted octanol–water partition coefficient (Wildman–Crippen LogP) is 3.70. The van der Waals surface area contributed by atoms with Crippen LogP contribution < -0.4 is 10.5 Å². The van der Waals surface area contributed by atoms with Crippen LogP contribution in [-0.4, -0.2) is 0 Å². The van der Waals surface area contributed by atoms with Crippen LogP contribution in [0.1, 0.15) is 22.6 Å². The Morgan fingerprint density at radius 1 is 1.28 bits per heavy atom. The lowest BCUT2D eigenvalue weighted by atomic mass is 10.2. The fraction of sp³-hybridized carbons (Fsp3) is 0.286. The van der Waals surface area contributed by atoms with E-state index in [1.165, 1.54) is 0 Å². The predicted molar refractivity (Wildman–Crippen MR) is 74.5 cm³/mol. The zero-order chi connectivity index (χ0) is 13.1. The minimum Gasteiger partial charge on any atom is -0.486 e. The van der Waals surface area contributed by atoms with E-state index in [2.05, 4.69) is 15.9 Å². The molecule has 1 heterocycles. The Morgan fingerprint density at radius 2 is 2.06 bits per heavy atom. The molecular weight excluding hydrogens is 294 g/mol. The van der Waals surface area contributed by atoms with E-state index in [-0.39, 0.29) is 0 Å². The fourth-order valence-electron chi connectivity index (χ4n) is 1.72. The summed E-state index contributed by atoms with van der Waals surface area (Å²) < 4.78 is 12.3. The lowest BCUT2D eigenvalue weighted by Gasteiger charge is -2.06. The van der Waals surface area contributed by atoms with Gasteiger partial charge in [0.2, 0.25) is 0 Å². The van der Waals surface area contributed by atoms with Gasteiger partial charge < -0.3 is 14.9 Å².